The molecule has 6 heteroatoms. The molecule has 2 heterocycles. The van der Waals surface area contributed by atoms with Crippen LogP contribution in [-0.2, 0) is 9.53 Å². The van der Waals surface area contributed by atoms with E-state index in [1.807, 2.05) is 36.7 Å². The molecule has 0 saturated carbocycles. The second-order valence-corrected chi connectivity index (χ2v) is 6.47. The van der Waals surface area contributed by atoms with Gasteiger partial charge in [0.05, 0.1) is 16.9 Å². The van der Waals surface area contributed by atoms with Gasteiger partial charge in [-0.1, -0.05) is 0 Å². The number of nitrogens with zero attached hydrogens (tertiary/aromatic N) is 3. The Hall–Kier alpha value is -2.63. The Morgan fingerprint density at radius 1 is 1.12 bits per heavy atom. The number of aromatic nitrogens is 2. The molecule has 1 amide bonds. The summed E-state index contributed by atoms with van der Waals surface area (Å²) in [7, 11) is 0. The number of aryl methyl sites for hydroxylation is 2. The highest BCUT2D eigenvalue weighted by Crippen LogP contribution is 2.15. The maximum absolute atomic E-state index is 12.3. The van der Waals surface area contributed by atoms with Crippen LogP contribution in [0.4, 0.5) is 0 Å². The van der Waals surface area contributed by atoms with Crippen molar-refractivity contribution in [3.8, 4) is 5.69 Å². The Morgan fingerprint density at radius 2 is 1.76 bits per heavy atom. The summed E-state index contributed by atoms with van der Waals surface area (Å²) in [6, 6.07) is 9.03. The third kappa shape index (κ3) is 3.73. The van der Waals surface area contributed by atoms with Gasteiger partial charge in [-0.05, 0) is 63.9 Å². The Kier molecular flexibility index (Phi) is 4.88. The smallest absolute Gasteiger partial charge is 0.338 e. The van der Waals surface area contributed by atoms with Crippen LogP contribution in [0.1, 0.15) is 41.5 Å². The van der Waals surface area contributed by atoms with Crippen molar-refractivity contribution < 1.29 is 14.3 Å². The largest absolute Gasteiger partial charge is 0.449 e. The molecule has 1 aliphatic heterocycles. The van der Waals surface area contributed by atoms with E-state index in [-0.39, 0.29) is 5.91 Å². The van der Waals surface area contributed by atoms with Crippen molar-refractivity contribution in [2.24, 2.45) is 0 Å². The zero-order chi connectivity index (χ0) is 18.0. The van der Waals surface area contributed by atoms with Crippen molar-refractivity contribution in [2.75, 3.05) is 13.1 Å². The zero-order valence-electron chi connectivity index (χ0n) is 14.9. The van der Waals surface area contributed by atoms with E-state index in [1.54, 1.807) is 24.0 Å². The van der Waals surface area contributed by atoms with Gasteiger partial charge in [-0.2, -0.15) is 5.10 Å². The number of likely N-dealkylation sites (tertiary alicyclic amines) is 1. The fraction of sp³-hybridized carbons (Fsp3) is 0.421. The molecule has 1 aromatic carbocycles. The lowest BCUT2D eigenvalue weighted by atomic mass is 10.2. The molecule has 2 aromatic rings. The average molecular weight is 341 g/mol. The summed E-state index contributed by atoms with van der Waals surface area (Å²) in [5.41, 5.74) is 3.27. The summed E-state index contributed by atoms with van der Waals surface area (Å²) in [5, 5.41) is 4.42. The van der Waals surface area contributed by atoms with Crippen molar-refractivity contribution in [3.05, 3.63) is 47.3 Å². The number of rotatable bonds is 4. The van der Waals surface area contributed by atoms with Gasteiger partial charge >= 0.3 is 5.97 Å². The quantitative estimate of drug-likeness (QED) is 0.802. The Morgan fingerprint density at radius 3 is 2.32 bits per heavy atom. The van der Waals surface area contributed by atoms with Gasteiger partial charge in [0, 0.05) is 18.8 Å². The van der Waals surface area contributed by atoms with Crippen molar-refractivity contribution >= 4 is 11.9 Å². The van der Waals surface area contributed by atoms with Gasteiger partial charge in [-0.3, -0.25) is 4.79 Å². The summed E-state index contributed by atoms with van der Waals surface area (Å²) < 4.78 is 7.15. The summed E-state index contributed by atoms with van der Waals surface area (Å²) >= 11 is 0. The molecule has 0 spiro atoms. The molecular formula is C19H23N3O3. The standard InChI is InChI=1S/C19H23N3O3/c1-13-12-14(2)22(20-13)17-8-6-16(7-9-17)19(24)25-15(3)18(23)21-10-4-5-11-21/h6-9,12,15H,4-5,10-11H2,1-3H3/t15-/m1/s1. The van der Waals surface area contributed by atoms with Crippen LogP contribution >= 0.6 is 0 Å². The number of amides is 1. The number of ether oxygens (including phenoxy) is 1. The van der Waals surface area contributed by atoms with Crippen molar-refractivity contribution in [3.63, 3.8) is 0 Å². The van der Waals surface area contributed by atoms with Crippen molar-refractivity contribution in [2.45, 2.75) is 39.7 Å². The van der Waals surface area contributed by atoms with Crippen LogP contribution in [0.25, 0.3) is 5.69 Å². The van der Waals surface area contributed by atoms with Gasteiger partial charge in [-0.15, -0.1) is 0 Å². The molecule has 1 aliphatic rings. The average Bonchev–Trinajstić information content (AvgIpc) is 3.23. The summed E-state index contributed by atoms with van der Waals surface area (Å²) in [4.78, 5) is 26.3. The van der Waals surface area contributed by atoms with Crippen molar-refractivity contribution in [1.82, 2.24) is 14.7 Å². The van der Waals surface area contributed by atoms with Crippen LogP contribution in [0.3, 0.4) is 0 Å². The summed E-state index contributed by atoms with van der Waals surface area (Å²) in [6.45, 7) is 7.04. The fourth-order valence-corrected chi connectivity index (χ4v) is 3.10. The first kappa shape index (κ1) is 17.2. The van der Waals surface area contributed by atoms with Gasteiger partial charge in [0.2, 0.25) is 0 Å². The highest BCUT2D eigenvalue weighted by molar-refractivity contribution is 5.92. The van der Waals surface area contributed by atoms with Crippen LogP contribution in [0.5, 0.6) is 0 Å². The maximum atomic E-state index is 12.3. The lowest BCUT2D eigenvalue weighted by Gasteiger charge is -2.20. The van der Waals surface area contributed by atoms with Crippen LogP contribution < -0.4 is 0 Å². The van der Waals surface area contributed by atoms with Gasteiger partial charge in [-0.25, -0.2) is 9.48 Å². The lowest BCUT2D eigenvalue weighted by Crippen LogP contribution is -2.38. The molecule has 132 valence electrons. The number of carbonyl (C=O) groups excluding carboxylic acids is 2. The third-order valence-corrected chi connectivity index (χ3v) is 4.41. The Balaban J connectivity index is 1.66. The number of benzene rings is 1. The third-order valence-electron chi connectivity index (χ3n) is 4.41. The molecule has 1 aromatic heterocycles. The fourth-order valence-electron chi connectivity index (χ4n) is 3.10. The highest BCUT2D eigenvalue weighted by atomic mass is 16.5. The van der Waals surface area contributed by atoms with E-state index < -0.39 is 12.1 Å². The Bertz CT molecular complexity index is 774. The van der Waals surface area contributed by atoms with E-state index in [0.29, 0.717) is 5.56 Å². The van der Waals surface area contributed by atoms with Gasteiger partial charge < -0.3 is 9.64 Å². The minimum absolute atomic E-state index is 0.120. The first-order valence-corrected chi connectivity index (χ1v) is 8.59. The zero-order valence-corrected chi connectivity index (χ0v) is 14.9. The van der Waals surface area contributed by atoms with Gasteiger partial charge in [0.15, 0.2) is 6.10 Å². The monoisotopic (exact) mass is 341 g/mol. The van der Waals surface area contributed by atoms with Gasteiger partial charge in [0.25, 0.3) is 5.91 Å². The lowest BCUT2D eigenvalue weighted by molar-refractivity contribution is -0.138. The van der Waals surface area contributed by atoms with E-state index in [2.05, 4.69) is 5.10 Å². The second kappa shape index (κ2) is 7.09. The van der Waals surface area contributed by atoms with E-state index in [0.717, 1.165) is 43.0 Å². The summed E-state index contributed by atoms with van der Waals surface area (Å²) in [5.74, 6) is -0.606. The molecular weight excluding hydrogens is 318 g/mol. The van der Waals surface area contributed by atoms with E-state index >= 15 is 0 Å². The first-order chi connectivity index (χ1) is 12.0. The topological polar surface area (TPSA) is 64.4 Å². The minimum atomic E-state index is -0.763. The molecule has 1 atom stereocenters. The molecule has 0 radical (unpaired) electrons. The van der Waals surface area contributed by atoms with E-state index in [1.165, 1.54) is 0 Å². The van der Waals surface area contributed by atoms with E-state index in [9.17, 15) is 9.59 Å². The van der Waals surface area contributed by atoms with E-state index in [4.69, 9.17) is 4.74 Å². The highest BCUT2D eigenvalue weighted by Gasteiger charge is 2.26. The molecule has 0 unspecified atom stereocenters. The molecule has 0 N–H and O–H groups in total. The van der Waals surface area contributed by atoms with Crippen LogP contribution in [-0.4, -0.2) is 45.8 Å². The van der Waals surface area contributed by atoms with Crippen LogP contribution in [0.2, 0.25) is 0 Å². The van der Waals surface area contributed by atoms with Crippen LogP contribution in [0, 0.1) is 13.8 Å². The number of hydrogen-bond acceptors (Lipinski definition) is 4. The molecule has 3 rings (SSSR count). The second-order valence-electron chi connectivity index (χ2n) is 6.47. The molecule has 25 heavy (non-hydrogen) atoms. The number of esters is 1. The molecule has 0 bridgehead atoms. The molecule has 0 aliphatic carbocycles. The predicted molar refractivity (Wildman–Crippen MR) is 93.7 cm³/mol. The normalized spacial score (nSPS) is 15.2. The minimum Gasteiger partial charge on any atom is -0.449 e. The van der Waals surface area contributed by atoms with Gasteiger partial charge in [0.1, 0.15) is 0 Å². The van der Waals surface area contributed by atoms with Crippen LogP contribution in [0.15, 0.2) is 30.3 Å². The molecule has 6 nitrogen and oxygen atoms in total. The SMILES string of the molecule is Cc1cc(C)n(-c2ccc(C(=O)O[C@H](C)C(=O)N3CCCC3)cc2)n1. The van der Waals surface area contributed by atoms with Crippen molar-refractivity contribution in [1.29, 1.82) is 0 Å². The maximum Gasteiger partial charge on any atom is 0.338 e. The first-order valence-electron chi connectivity index (χ1n) is 8.59. The molecule has 1 fully saturated rings. The number of carbonyl (C=O) groups is 2. The summed E-state index contributed by atoms with van der Waals surface area (Å²) in [6.07, 6.45) is 1.27. The molecule has 1 saturated heterocycles. The predicted octanol–water partition coefficient (Wildman–Crippen LogP) is 2.66. The Labute approximate surface area is 147 Å². The number of hydrogen-bond donors (Lipinski definition) is 0.